The molecule has 0 spiro atoms. The van der Waals surface area contributed by atoms with E-state index in [1.807, 2.05) is 42.5 Å². The van der Waals surface area contributed by atoms with Gasteiger partial charge in [0.25, 0.3) is 0 Å². The Kier molecular flexibility index (Phi) is 4.78. The molecule has 6 heteroatoms. The van der Waals surface area contributed by atoms with Gasteiger partial charge in [0.2, 0.25) is 10.0 Å². The molecule has 0 amide bonds. The van der Waals surface area contributed by atoms with Crippen LogP contribution in [0.2, 0.25) is 0 Å². The third kappa shape index (κ3) is 4.74. The number of hydrogen-bond donors (Lipinski definition) is 1. The van der Waals surface area contributed by atoms with Crippen LogP contribution in [0.4, 0.5) is 0 Å². The molecule has 0 bridgehead atoms. The van der Waals surface area contributed by atoms with Crippen molar-refractivity contribution in [1.82, 2.24) is 4.72 Å². The van der Waals surface area contributed by atoms with Crippen LogP contribution in [-0.4, -0.2) is 27.8 Å². The normalized spacial score (nSPS) is 11.2. The van der Waals surface area contributed by atoms with E-state index in [1.165, 1.54) is 0 Å². The molecule has 0 saturated heterocycles. The number of fused-ring (bicyclic) bond motifs is 1. The van der Waals surface area contributed by atoms with E-state index in [9.17, 15) is 8.42 Å². The Bertz CT molecular complexity index is 779. The lowest BCUT2D eigenvalue weighted by atomic mass is 10.0. The van der Waals surface area contributed by atoms with Crippen molar-refractivity contribution in [3.05, 3.63) is 42.0 Å². The van der Waals surface area contributed by atoms with Gasteiger partial charge in [0.1, 0.15) is 11.8 Å². The summed E-state index contributed by atoms with van der Waals surface area (Å²) >= 11 is 0. The van der Waals surface area contributed by atoms with Crippen LogP contribution in [-0.2, 0) is 16.4 Å². The van der Waals surface area contributed by atoms with E-state index in [0.29, 0.717) is 18.7 Å². The summed E-state index contributed by atoms with van der Waals surface area (Å²) in [5.41, 5.74) is 1.06. The first-order valence-corrected chi connectivity index (χ1v) is 8.34. The minimum atomic E-state index is -3.14. The lowest BCUT2D eigenvalue weighted by molar-refractivity contribution is 0.368. The molecule has 2 aromatic rings. The van der Waals surface area contributed by atoms with E-state index in [-0.39, 0.29) is 6.61 Å². The number of nitriles is 1. The van der Waals surface area contributed by atoms with Crippen LogP contribution in [0.1, 0.15) is 5.56 Å². The molecule has 0 aliphatic rings. The number of nitrogens with one attached hydrogen (secondary N) is 1. The van der Waals surface area contributed by atoms with E-state index in [0.717, 1.165) is 22.6 Å². The number of ether oxygens (including phenoxy) is 1. The van der Waals surface area contributed by atoms with Crippen LogP contribution in [0.5, 0.6) is 5.75 Å². The molecule has 0 atom stereocenters. The zero-order chi connectivity index (χ0) is 15.3. The Balaban J connectivity index is 2.10. The molecule has 0 aliphatic heterocycles. The van der Waals surface area contributed by atoms with Gasteiger partial charge in [0, 0.05) is 6.54 Å². The van der Waals surface area contributed by atoms with Crippen molar-refractivity contribution in [1.29, 1.82) is 5.26 Å². The largest absolute Gasteiger partial charge is 0.479 e. The second-order valence-corrected chi connectivity index (χ2v) is 6.54. The van der Waals surface area contributed by atoms with E-state index in [2.05, 4.69) is 4.72 Å². The lowest BCUT2D eigenvalue weighted by Gasteiger charge is -2.07. The highest BCUT2D eigenvalue weighted by Crippen LogP contribution is 2.22. The van der Waals surface area contributed by atoms with Crippen molar-refractivity contribution in [3.8, 4) is 11.8 Å². The van der Waals surface area contributed by atoms with E-state index < -0.39 is 10.0 Å². The molecule has 0 aromatic heterocycles. The Morgan fingerprint density at radius 1 is 1.19 bits per heavy atom. The molecule has 5 nitrogen and oxygen atoms in total. The monoisotopic (exact) mass is 304 g/mol. The second-order valence-electron chi connectivity index (χ2n) is 4.71. The zero-order valence-corrected chi connectivity index (χ0v) is 12.5. The van der Waals surface area contributed by atoms with Crippen molar-refractivity contribution < 1.29 is 13.2 Å². The van der Waals surface area contributed by atoms with Crippen LogP contribution in [0.15, 0.2) is 36.4 Å². The lowest BCUT2D eigenvalue weighted by Crippen LogP contribution is -2.24. The maximum atomic E-state index is 11.0. The highest BCUT2D eigenvalue weighted by molar-refractivity contribution is 7.88. The van der Waals surface area contributed by atoms with Crippen molar-refractivity contribution in [2.45, 2.75) is 6.42 Å². The smallest absolute Gasteiger partial charge is 0.208 e. The zero-order valence-electron chi connectivity index (χ0n) is 11.7. The number of hydrogen-bond acceptors (Lipinski definition) is 4. The second kappa shape index (κ2) is 6.57. The Hall–Kier alpha value is -2.10. The standard InChI is InChI=1S/C15H16N2O3S/c1-21(18,19)17-8-6-12-2-3-14-11-15(20-9-7-16)5-4-13(14)10-12/h2-5,10-11,17H,6,8-9H2,1H3. The number of sulfonamides is 1. The van der Waals surface area contributed by atoms with Gasteiger partial charge in [-0.05, 0) is 34.9 Å². The molecule has 0 fully saturated rings. The Labute approximate surface area is 124 Å². The van der Waals surface area contributed by atoms with Gasteiger partial charge in [-0.15, -0.1) is 0 Å². The summed E-state index contributed by atoms with van der Waals surface area (Å²) in [5, 5.41) is 10.6. The molecular weight excluding hydrogens is 288 g/mol. The van der Waals surface area contributed by atoms with Crippen LogP contribution < -0.4 is 9.46 Å². The third-order valence-corrected chi connectivity index (χ3v) is 3.69. The van der Waals surface area contributed by atoms with Gasteiger partial charge < -0.3 is 4.74 Å². The van der Waals surface area contributed by atoms with Gasteiger partial charge in [-0.1, -0.05) is 24.3 Å². The molecule has 2 rings (SSSR count). The van der Waals surface area contributed by atoms with Crippen molar-refractivity contribution in [2.75, 3.05) is 19.4 Å². The number of rotatable bonds is 6. The third-order valence-electron chi connectivity index (χ3n) is 2.96. The molecule has 2 aromatic carbocycles. The molecule has 0 aliphatic carbocycles. The molecule has 0 unspecified atom stereocenters. The Morgan fingerprint density at radius 2 is 1.90 bits per heavy atom. The van der Waals surface area contributed by atoms with Gasteiger partial charge >= 0.3 is 0 Å². The quantitative estimate of drug-likeness (QED) is 0.883. The van der Waals surface area contributed by atoms with Crippen LogP contribution in [0, 0.1) is 11.3 Å². The topological polar surface area (TPSA) is 79.2 Å². The van der Waals surface area contributed by atoms with Crippen molar-refractivity contribution >= 4 is 20.8 Å². The molecule has 0 saturated carbocycles. The summed E-state index contributed by atoms with van der Waals surface area (Å²) in [5.74, 6) is 0.663. The first-order chi connectivity index (χ1) is 9.98. The summed E-state index contributed by atoms with van der Waals surface area (Å²) in [7, 11) is -3.14. The fourth-order valence-corrected chi connectivity index (χ4v) is 2.49. The van der Waals surface area contributed by atoms with E-state index in [4.69, 9.17) is 10.00 Å². The van der Waals surface area contributed by atoms with Crippen LogP contribution in [0.25, 0.3) is 10.8 Å². The highest BCUT2D eigenvalue weighted by atomic mass is 32.2. The van der Waals surface area contributed by atoms with Crippen molar-refractivity contribution in [3.63, 3.8) is 0 Å². The van der Waals surface area contributed by atoms with Gasteiger partial charge in [0.15, 0.2) is 6.61 Å². The van der Waals surface area contributed by atoms with E-state index >= 15 is 0 Å². The van der Waals surface area contributed by atoms with Gasteiger partial charge in [-0.25, -0.2) is 13.1 Å². The molecular formula is C15H16N2O3S. The summed E-state index contributed by atoms with van der Waals surface area (Å²) in [6, 6.07) is 13.5. The maximum Gasteiger partial charge on any atom is 0.208 e. The molecule has 21 heavy (non-hydrogen) atoms. The summed E-state index contributed by atoms with van der Waals surface area (Å²) in [6.45, 7) is 0.411. The van der Waals surface area contributed by atoms with E-state index in [1.54, 1.807) is 0 Å². The van der Waals surface area contributed by atoms with Crippen LogP contribution in [0.3, 0.4) is 0 Å². The predicted octanol–water partition coefficient (Wildman–Crippen LogP) is 1.83. The number of nitrogens with zero attached hydrogens (tertiary/aromatic N) is 1. The van der Waals surface area contributed by atoms with Crippen molar-refractivity contribution in [2.24, 2.45) is 0 Å². The first-order valence-electron chi connectivity index (χ1n) is 6.45. The fraction of sp³-hybridized carbons (Fsp3) is 0.267. The molecule has 1 N–H and O–H groups in total. The SMILES string of the molecule is CS(=O)(=O)NCCc1ccc2cc(OCC#N)ccc2c1. The van der Waals surface area contributed by atoms with Gasteiger partial charge in [0.05, 0.1) is 6.26 Å². The average molecular weight is 304 g/mol. The molecule has 110 valence electrons. The average Bonchev–Trinajstić information content (AvgIpc) is 2.43. The number of benzene rings is 2. The molecule has 0 heterocycles. The first kappa shape index (κ1) is 15.3. The van der Waals surface area contributed by atoms with Gasteiger partial charge in [-0.3, -0.25) is 0 Å². The Morgan fingerprint density at radius 3 is 2.62 bits per heavy atom. The minimum absolute atomic E-state index is 0.0285. The predicted molar refractivity (Wildman–Crippen MR) is 81.6 cm³/mol. The highest BCUT2D eigenvalue weighted by Gasteiger charge is 2.02. The maximum absolute atomic E-state index is 11.0. The van der Waals surface area contributed by atoms with Crippen LogP contribution >= 0.6 is 0 Å². The molecule has 0 radical (unpaired) electrons. The summed E-state index contributed by atoms with van der Waals surface area (Å²) in [6.07, 6.45) is 1.78. The fourth-order valence-electron chi connectivity index (χ4n) is 2.01. The minimum Gasteiger partial charge on any atom is -0.479 e. The summed E-state index contributed by atoms with van der Waals surface area (Å²) < 4.78 is 29.7. The van der Waals surface area contributed by atoms with Gasteiger partial charge in [-0.2, -0.15) is 5.26 Å². The summed E-state index contributed by atoms with van der Waals surface area (Å²) in [4.78, 5) is 0.